The number of hydrogen-bond donors (Lipinski definition) is 0. The molecule has 3 heteroatoms. The Morgan fingerprint density at radius 3 is 1.75 bits per heavy atom. The lowest BCUT2D eigenvalue weighted by Crippen LogP contribution is -2.16. The Balaban J connectivity index is 1.21. The fraction of sp³-hybridized carbons (Fsp3) is 0.0612. The van der Waals surface area contributed by atoms with E-state index in [0.29, 0.717) is 0 Å². The highest BCUT2D eigenvalue weighted by atomic mass is 15.1. The van der Waals surface area contributed by atoms with E-state index in [4.69, 9.17) is 9.97 Å². The quantitative estimate of drug-likeness (QED) is 0.171. The number of para-hydroxylation sites is 1. The highest BCUT2D eigenvalue weighted by molar-refractivity contribution is 6.19. The smallest absolute Gasteiger partial charge is 0.0979 e. The molecule has 10 rings (SSSR count). The number of hydrogen-bond acceptors (Lipinski definition) is 3. The third-order valence-corrected chi connectivity index (χ3v) is 10.8. The summed E-state index contributed by atoms with van der Waals surface area (Å²) in [6.07, 6.45) is 0. The van der Waals surface area contributed by atoms with Crippen LogP contribution in [0, 0.1) is 0 Å². The number of benzene rings is 8. The van der Waals surface area contributed by atoms with E-state index in [1.807, 2.05) is 12.1 Å². The van der Waals surface area contributed by atoms with Gasteiger partial charge in [-0.05, 0) is 80.9 Å². The molecule has 1 heterocycles. The monoisotopic (exact) mass is 665 g/mol. The molecule has 0 radical (unpaired) electrons. The van der Waals surface area contributed by atoms with Crippen molar-refractivity contribution in [3.63, 3.8) is 0 Å². The Hall–Kier alpha value is -6.58. The first-order valence-electron chi connectivity index (χ1n) is 17.9. The zero-order valence-electron chi connectivity index (χ0n) is 29.1. The molecule has 8 aromatic carbocycles. The molecule has 0 atom stereocenters. The molecule has 0 N–H and O–H groups in total. The summed E-state index contributed by atoms with van der Waals surface area (Å²) in [5.74, 6) is 0. The zero-order valence-corrected chi connectivity index (χ0v) is 29.1. The molecule has 1 aliphatic rings. The van der Waals surface area contributed by atoms with Crippen molar-refractivity contribution < 1.29 is 0 Å². The summed E-state index contributed by atoms with van der Waals surface area (Å²) in [4.78, 5) is 13.2. The van der Waals surface area contributed by atoms with Crippen LogP contribution in [0.4, 0.5) is 17.1 Å². The molecule has 1 aliphatic carbocycles. The lowest BCUT2D eigenvalue weighted by Gasteiger charge is -2.28. The summed E-state index contributed by atoms with van der Waals surface area (Å²) in [6.45, 7) is 4.69. The van der Waals surface area contributed by atoms with Gasteiger partial charge in [0.15, 0.2) is 0 Å². The number of fused-ring (bicyclic) bond motifs is 8. The van der Waals surface area contributed by atoms with E-state index in [-0.39, 0.29) is 5.41 Å². The lowest BCUT2D eigenvalue weighted by molar-refractivity contribution is 0.660. The van der Waals surface area contributed by atoms with Crippen LogP contribution < -0.4 is 4.90 Å². The van der Waals surface area contributed by atoms with Crippen molar-refractivity contribution in [2.45, 2.75) is 19.3 Å². The second kappa shape index (κ2) is 11.8. The summed E-state index contributed by atoms with van der Waals surface area (Å²) in [7, 11) is 0. The van der Waals surface area contributed by atoms with Crippen molar-refractivity contribution in [3.05, 3.63) is 187 Å². The lowest BCUT2D eigenvalue weighted by atomic mass is 9.82. The Labute approximate surface area is 303 Å². The first-order valence-corrected chi connectivity index (χ1v) is 17.9. The number of aromatic nitrogens is 2. The van der Waals surface area contributed by atoms with Crippen molar-refractivity contribution in [1.29, 1.82) is 0 Å². The van der Waals surface area contributed by atoms with Crippen LogP contribution in [-0.4, -0.2) is 9.97 Å². The zero-order chi connectivity index (χ0) is 34.8. The van der Waals surface area contributed by atoms with Gasteiger partial charge in [0.05, 0.1) is 22.4 Å². The molecular formula is C49H35N3. The van der Waals surface area contributed by atoms with Crippen molar-refractivity contribution in [3.8, 4) is 33.6 Å². The molecule has 0 aliphatic heterocycles. The van der Waals surface area contributed by atoms with Crippen LogP contribution in [0.2, 0.25) is 0 Å². The highest BCUT2D eigenvalue weighted by Gasteiger charge is 2.35. The van der Waals surface area contributed by atoms with Crippen molar-refractivity contribution in [2.75, 3.05) is 4.90 Å². The van der Waals surface area contributed by atoms with Crippen LogP contribution in [0.25, 0.3) is 66.2 Å². The van der Waals surface area contributed by atoms with Gasteiger partial charge < -0.3 is 4.90 Å². The van der Waals surface area contributed by atoms with Gasteiger partial charge in [-0.1, -0.05) is 147 Å². The molecule has 0 amide bonds. The fourth-order valence-corrected chi connectivity index (χ4v) is 8.23. The van der Waals surface area contributed by atoms with E-state index < -0.39 is 0 Å². The van der Waals surface area contributed by atoms with E-state index in [2.05, 4.69) is 183 Å². The molecule has 246 valence electrons. The molecule has 0 unspecified atom stereocenters. The average molecular weight is 666 g/mol. The van der Waals surface area contributed by atoms with E-state index in [0.717, 1.165) is 72.2 Å². The van der Waals surface area contributed by atoms with Crippen molar-refractivity contribution >= 4 is 49.6 Å². The van der Waals surface area contributed by atoms with Crippen LogP contribution in [0.1, 0.15) is 25.0 Å². The van der Waals surface area contributed by atoms with Gasteiger partial charge in [0.2, 0.25) is 0 Å². The van der Waals surface area contributed by atoms with E-state index >= 15 is 0 Å². The predicted molar refractivity (Wildman–Crippen MR) is 218 cm³/mol. The van der Waals surface area contributed by atoms with Gasteiger partial charge in [0, 0.05) is 39.0 Å². The SMILES string of the molecule is CC1(C)c2ccccc2-c2ccc(N(c3ccccc3)c3ccc4ccc5ccc6nc(-c7ccccc7)c(-c7ccccc7)nc6c5c4c3)cc21. The van der Waals surface area contributed by atoms with E-state index in [1.165, 1.54) is 22.3 Å². The van der Waals surface area contributed by atoms with Gasteiger partial charge in [-0.15, -0.1) is 0 Å². The Kier molecular flexibility index (Phi) is 6.84. The normalized spacial score (nSPS) is 13.0. The Morgan fingerprint density at radius 2 is 1.00 bits per heavy atom. The maximum Gasteiger partial charge on any atom is 0.0979 e. The third kappa shape index (κ3) is 4.74. The minimum atomic E-state index is -0.101. The number of nitrogens with zero attached hydrogens (tertiary/aromatic N) is 3. The Bertz CT molecular complexity index is 2810. The fourth-order valence-electron chi connectivity index (χ4n) is 8.23. The second-order valence-electron chi connectivity index (χ2n) is 14.2. The number of rotatable bonds is 5. The Morgan fingerprint density at radius 1 is 0.442 bits per heavy atom. The van der Waals surface area contributed by atoms with Crippen LogP contribution >= 0.6 is 0 Å². The average Bonchev–Trinajstić information content (AvgIpc) is 3.43. The minimum absolute atomic E-state index is 0.101. The summed E-state index contributed by atoms with van der Waals surface area (Å²) in [5, 5.41) is 4.56. The van der Waals surface area contributed by atoms with Crippen LogP contribution in [0.15, 0.2) is 176 Å². The third-order valence-electron chi connectivity index (χ3n) is 10.8. The van der Waals surface area contributed by atoms with Gasteiger partial charge in [-0.3, -0.25) is 0 Å². The molecule has 0 spiro atoms. The molecule has 1 aromatic heterocycles. The molecule has 0 saturated carbocycles. The summed E-state index contributed by atoms with van der Waals surface area (Å²) in [5.41, 5.74) is 14.3. The molecule has 52 heavy (non-hydrogen) atoms. The molecule has 0 fully saturated rings. The van der Waals surface area contributed by atoms with Crippen molar-refractivity contribution in [1.82, 2.24) is 9.97 Å². The largest absolute Gasteiger partial charge is 0.310 e. The maximum atomic E-state index is 5.49. The second-order valence-corrected chi connectivity index (χ2v) is 14.2. The van der Waals surface area contributed by atoms with Gasteiger partial charge in [0.1, 0.15) is 0 Å². The van der Waals surface area contributed by atoms with Crippen LogP contribution in [-0.2, 0) is 5.41 Å². The van der Waals surface area contributed by atoms with Crippen LogP contribution in [0.3, 0.4) is 0 Å². The summed E-state index contributed by atoms with van der Waals surface area (Å²) in [6, 6.07) is 62.9. The van der Waals surface area contributed by atoms with Gasteiger partial charge >= 0.3 is 0 Å². The first-order chi connectivity index (χ1) is 25.5. The summed E-state index contributed by atoms with van der Waals surface area (Å²) < 4.78 is 0. The van der Waals surface area contributed by atoms with E-state index in [9.17, 15) is 0 Å². The molecule has 3 nitrogen and oxygen atoms in total. The topological polar surface area (TPSA) is 29.0 Å². The minimum Gasteiger partial charge on any atom is -0.310 e. The number of anilines is 3. The molecule has 0 bridgehead atoms. The molecule has 0 saturated heterocycles. The predicted octanol–water partition coefficient (Wildman–Crippen LogP) is 13.0. The molecule has 9 aromatic rings. The standard InChI is InChI=1S/C49H35N3/c1-49(2)42-21-13-12-20-39(42)40-28-27-38(31-43(40)49)52(36-18-10-5-11-19-36)37-26-24-32-22-23-33-25-29-44-48(45(33)41(32)30-37)51-47(35-16-8-4-9-17-35)46(50-44)34-14-6-3-7-15-34/h3-31H,1-2H3. The van der Waals surface area contributed by atoms with E-state index in [1.54, 1.807) is 0 Å². The first kappa shape index (κ1) is 30.3. The van der Waals surface area contributed by atoms with Gasteiger partial charge in [0.25, 0.3) is 0 Å². The molecular weight excluding hydrogens is 631 g/mol. The maximum absolute atomic E-state index is 5.49. The van der Waals surface area contributed by atoms with Gasteiger partial charge in [-0.2, -0.15) is 0 Å². The highest BCUT2D eigenvalue weighted by Crippen LogP contribution is 2.51. The van der Waals surface area contributed by atoms with Crippen molar-refractivity contribution in [2.24, 2.45) is 0 Å². The van der Waals surface area contributed by atoms with Gasteiger partial charge in [-0.25, -0.2) is 9.97 Å². The van der Waals surface area contributed by atoms with Crippen LogP contribution in [0.5, 0.6) is 0 Å². The summed E-state index contributed by atoms with van der Waals surface area (Å²) >= 11 is 0.